The molecule has 1 aromatic carbocycles. The summed E-state index contributed by atoms with van der Waals surface area (Å²) in [5.74, 6) is 0.245. The van der Waals surface area contributed by atoms with Crippen molar-refractivity contribution in [2.24, 2.45) is 11.7 Å². The van der Waals surface area contributed by atoms with Gasteiger partial charge in [0.2, 0.25) is 0 Å². The Hall–Kier alpha value is -1.26. The molecule has 0 bridgehead atoms. The Labute approximate surface area is 111 Å². The van der Waals surface area contributed by atoms with Crippen molar-refractivity contribution >= 4 is 17.6 Å². The van der Waals surface area contributed by atoms with Crippen LogP contribution in [0, 0.1) is 5.92 Å². The van der Waals surface area contributed by atoms with Crippen LogP contribution in [0.2, 0.25) is 5.02 Å². The van der Waals surface area contributed by atoms with Gasteiger partial charge in [0.25, 0.3) is 0 Å². The Bertz CT molecular complexity index is 446. The number of hydrogen-bond donors (Lipinski definition) is 2. The lowest BCUT2D eigenvalue weighted by molar-refractivity contribution is -0.138. The number of aliphatic carboxylic acids is 1. The van der Waals surface area contributed by atoms with E-state index in [-0.39, 0.29) is 6.42 Å². The van der Waals surface area contributed by atoms with Gasteiger partial charge in [-0.15, -0.1) is 0 Å². The Morgan fingerprint density at radius 3 is 2.89 bits per heavy atom. The Morgan fingerprint density at radius 1 is 1.56 bits per heavy atom. The van der Waals surface area contributed by atoms with Crippen LogP contribution in [0.15, 0.2) is 18.2 Å². The fourth-order valence-corrected chi connectivity index (χ4v) is 1.79. The van der Waals surface area contributed by atoms with Gasteiger partial charge in [0, 0.05) is 0 Å². The number of nitrogens with two attached hydrogens (primary N) is 1. The van der Waals surface area contributed by atoms with Gasteiger partial charge in [-0.1, -0.05) is 17.7 Å². The SMILES string of the molecule is NC(Cc1ccc(Cl)c(OCC2CC2)c1)C(=O)O. The van der Waals surface area contributed by atoms with Crippen LogP contribution < -0.4 is 10.5 Å². The highest BCUT2D eigenvalue weighted by Crippen LogP contribution is 2.32. The number of rotatable bonds is 6. The number of halogens is 1. The summed E-state index contributed by atoms with van der Waals surface area (Å²) in [5, 5.41) is 9.31. The molecule has 1 aliphatic rings. The van der Waals surface area contributed by atoms with Crippen LogP contribution >= 0.6 is 11.6 Å². The highest BCUT2D eigenvalue weighted by molar-refractivity contribution is 6.32. The number of ether oxygens (including phenoxy) is 1. The van der Waals surface area contributed by atoms with E-state index in [1.54, 1.807) is 18.2 Å². The van der Waals surface area contributed by atoms with Crippen LogP contribution in [0.3, 0.4) is 0 Å². The second-order valence-corrected chi connectivity index (χ2v) is 5.08. The van der Waals surface area contributed by atoms with Gasteiger partial charge in [-0.3, -0.25) is 4.79 Å². The van der Waals surface area contributed by atoms with E-state index in [9.17, 15) is 4.79 Å². The van der Waals surface area contributed by atoms with E-state index < -0.39 is 12.0 Å². The molecular weight excluding hydrogens is 254 g/mol. The standard InChI is InChI=1S/C13H16ClNO3/c14-10-4-3-9(5-11(15)13(16)17)6-12(10)18-7-8-1-2-8/h3-4,6,8,11H,1-2,5,7,15H2,(H,16,17). The second kappa shape index (κ2) is 5.59. The summed E-state index contributed by atoms with van der Waals surface area (Å²) in [4.78, 5) is 10.7. The Kier molecular flexibility index (Phi) is 4.09. The third-order valence-corrected chi connectivity index (χ3v) is 3.25. The van der Waals surface area contributed by atoms with E-state index in [0.717, 1.165) is 5.56 Å². The van der Waals surface area contributed by atoms with Crippen LogP contribution in [0.4, 0.5) is 0 Å². The Balaban J connectivity index is 2.02. The lowest BCUT2D eigenvalue weighted by Crippen LogP contribution is -2.32. The zero-order chi connectivity index (χ0) is 13.1. The smallest absolute Gasteiger partial charge is 0.320 e. The average molecular weight is 270 g/mol. The van der Waals surface area contributed by atoms with Crippen LogP contribution in [0.5, 0.6) is 5.75 Å². The van der Waals surface area contributed by atoms with Crippen molar-refractivity contribution < 1.29 is 14.6 Å². The van der Waals surface area contributed by atoms with Gasteiger partial charge in [-0.2, -0.15) is 0 Å². The van der Waals surface area contributed by atoms with Crippen molar-refractivity contribution in [1.29, 1.82) is 0 Å². The first kappa shape index (κ1) is 13.2. The lowest BCUT2D eigenvalue weighted by Gasteiger charge is -2.11. The van der Waals surface area contributed by atoms with E-state index in [2.05, 4.69) is 0 Å². The molecule has 1 aliphatic carbocycles. The molecule has 0 heterocycles. The van der Waals surface area contributed by atoms with Gasteiger partial charge in [-0.05, 0) is 42.9 Å². The quantitative estimate of drug-likeness (QED) is 0.829. The van der Waals surface area contributed by atoms with Gasteiger partial charge in [0.15, 0.2) is 0 Å². The average Bonchev–Trinajstić information content (AvgIpc) is 3.13. The number of carbonyl (C=O) groups is 1. The summed E-state index contributed by atoms with van der Waals surface area (Å²) in [6, 6.07) is 4.36. The van der Waals surface area contributed by atoms with E-state index in [0.29, 0.717) is 23.3 Å². The summed E-state index contributed by atoms with van der Waals surface area (Å²) in [7, 11) is 0. The van der Waals surface area contributed by atoms with Crippen molar-refractivity contribution in [3.05, 3.63) is 28.8 Å². The van der Waals surface area contributed by atoms with Crippen LogP contribution in [-0.2, 0) is 11.2 Å². The van der Waals surface area contributed by atoms with Gasteiger partial charge in [0.1, 0.15) is 11.8 Å². The van der Waals surface area contributed by atoms with Gasteiger partial charge >= 0.3 is 5.97 Å². The number of benzene rings is 1. The van der Waals surface area contributed by atoms with Gasteiger partial charge in [-0.25, -0.2) is 0 Å². The predicted molar refractivity (Wildman–Crippen MR) is 69.0 cm³/mol. The molecule has 3 N–H and O–H groups in total. The molecule has 5 heteroatoms. The second-order valence-electron chi connectivity index (χ2n) is 4.67. The normalized spacial score (nSPS) is 16.3. The number of carboxylic acids is 1. The number of carboxylic acid groups (broad SMARTS) is 1. The van der Waals surface area contributed by atoms with Crippen molar-refractivity contribution in [3.63, 3.8) is 0 Å². The molecule has 0 saturated heterocycles. The highest BCUT2D eigenvalue weighted by Gasteiger charge is 2.22. The van der Waals surface area contributed by atoms with Gasteiger partial charge in [0.05, 0.1) is 11.6 Å². The molecule has 98 valence electrons. The zero-order valence-corrected chi connectivity index (χ0v) is 10.7. The molecule has 4 nitrogen and oxygen atoms in total. The monoisotopic (exact) mass is 269 g/mol. The Morgan fingerprint density at radius 2 is 2.28 bits per heavy atom. The lowest BCUT2D eigenvalue weighted by atomic mass is 10.1. The van der Waals surface area contributed by atoms with Crippen molar-refractivity contribution in [2.45, 2.75) is 25.3 Å². The first-order valence-corrected chi connectivity index (χ1v) is 6.33. The van der Waals surface area contributed by atoms with Crippen molar-refractivity contribution in [2.75, 3.05) is 6.61 Å². The fourth-order valence-electron chi connectivity index (χ4n) is 1.62. The molecule has 0 amide bonds. The first-order chi connectivity index (χ1) is 8.56. The molecule has 1 saturated carbocycles. The third-order valence-electron chi connectivity index (χ3n) is 2.94. The van der Waals surface area contributed by atoms with Crippen molar-refractivity contribution in [3.8, 4) is 5.75 Å². The number of hydrogen-bond acceptors (Lipinski definition) is 3. The minimum Gasteiger partial charge on any atom is -0.492 e. The fraction of sp³-hybridized carbons (Fsp3) is 0.462. The topological polar surface area (TPSA) is 72.5 Å². The summed E-state index contributed by atoms with van der Waals surface area (Å²) in [5.41, 5.74) is 6.32. The molecule has 0 radical (unpaired) electrons. The molecule has 2 rings (SSSR count). The maximum atomic E-state index is 10.7. The van der Waals surface area contributed by atoms with Crippen LogP contribution in [-0.4, -0.2) is 23.7 Å². The molecular formula is C13H16ClNO3. The molecule has 18 heavy (non-hydrogen) atoms. The molecule has 1 fully saturated rings. The highest BCUT2D eigenvalue weighted by atomic mass is 35.5. The van der Waals surface area contributed by atoms with Crippen molar-refractivity contribution in [1.82, 2.24) is 0 Å². The minimum absolute atomic E-state index is 0.270. The maximum absolute atomic E-state index is 10.7. The summed E-state index contributed by atoms with van der Waals surface area (Å²) in [6.07, 6.45) is 2.69. The maximum Gasteiger partial charge on any atom is 0.320 e. The third kappa shape index (κ3) is 3.62. The molecule has 0 aliphatic heterocycles. The summed E-state index contributed by atoms with van der Waals surface area (Å²) in [6.45, 7) is 0.675. The molecule has 1 aromatic rings. The molecule has 0 spiro atoms. The van der Waals surface area contributed by atoms with Gasteiger partial charge < -0.3 is 15.6 Å². The van der Waals surface area contributed by atoms with Crippen LogP contribution in [0.1, 0.15) is 18.4 Å². The molecule has 0 aromatic heterocycles. The van der Waals surface area contributed by atoms with E-state index in [4.69, 9.17) is 27.2 Å². The van der Waals surface area contributed by atoms with Crippen LogP contribution in [0.25, 0.3) is 0 Å². The summed E-state index contributed by atoms with van der Waals surface area (Å²) < 4.78 is 5.62. The zero-order valence-electron chi connectivity index (χ0n) is 9.93. The molecule has 1 unspecified atom stereocenters. The minimum atomic E-state index is -1.01. The first-order valence-electron chi connectivity index (χ1n) is 5.96. The van der Waals surface area contributed by atoms with E-state index in [1.807, 2.05) is 0 Å². The molecule has 1 atom stereocenters. The van der Waals surface area contributed by atoms with E-state index in [1.165, 1.54) is 12.8 Å². The summed E-state index contributed by atoms with van der Waals surface area (Å²) >= 11 is 6.03. The van der Waals surface area contributed by atoms with E-state index >= 15 is 0 Å². The predicted octanol–water partition coefficient (Wildman–Crippen LogP) is 2.08. The largest absolute Gasteiger partial charge is 0.492 e.